The molecule has 0 amide bonds. The van der Waals surface area contributed by atoms with Gasteiger partial charge in [-0.3, -0.25) is 0 Å². The van der Waals surface area contributed by atoms with Gasteiger partial charge in [0.25, 0.3) is 0 Å². The lowest BCUT2D eigenvalue weighted by molar-refractivity contribution is -0.142. The molecule has 4 rings (SSSR count). The smallest absolute Gasteiger partial charge is 0.387 e. The first-order chi connectivity index (χ1) is 16.4. The molecule has 2 aliphatic rings. The second kappa shape index (κ2) is 9.94. The third-order valence-corrected chi connectivity index (χ3v) is 6.72. The molecule has 11 heteroatoms. The molecular formula is C24H28F6N4O. The summed E-state index contributed by atoms with van der Waals surface area (Å²) in [5.41, 5.74) is -2.50. The Labute approximate surface area is 199 Å². The predicted molar refractivity (Wildman–Crippen MR) is 120 cm³/mol. The van der Waals surface area contributed by atoms with Crippen molar-refractivity contribution < 1.29 is 31.4 Å². The van der Waals surface area contributed by atoms with Crippen molar-refractivity contribution in [1.29, 1.82) is 0 Å². The lowest BCUT2D eigenvalue weighted by Gasteiger charge is -2.37. The molecule has 1 aromatic heterocycles. The molecular weight excluding hydrogens is 474 g/mol. The van der Waals surface area contributed by atoms with Crippen LogP contribution in [0, 0.1) is 0 Å². The van der Waals surface area contributed by atoms with Gasteiger partial charge in [-0.25, -0.2) is 4.98 Å². The third kappa shape index (κ3) is 5.90. The lowest BCUT2D eigenvalue weighted by Crippen LogP contribution is -2.45. The van der Waals surface area contributed by atoms with Crippen LogP contribution in [-0.2, 0) is 12.4 Å². The van der Waals surface area contributed by atoms with E-state index in [1.807, 2.05) is 0 Å². The summed E-state index contributed by atoms with van der Waals surface area (Å²) >= 11 is 0. The molecule has 2 unspecified atom stereocenters. The van der Waals surface area contributed by atoms with E-state index in [1.54, 1.807) is 0 Å². The minimum Gasteiger partial charge on any atom is -0.387 e. The minimum absolute atomic E-state index is 0.0155. The molecule has 1 aliphatic carbocycles. The van der Waals surface area contributed by atoms with Crippen molar-refractivity contribution in [2.24, 2.45) is 0 Å². The average Bonchev–Trinajstić information content (AvgIpc) is 2.81. The number of piperazine rings is 1. The number of nitrogens with zero attached hydrogens (tertiary/aromatic N) is 3. The van der Waals surface area contributed by atoms with E-state index in [0.29, 0.717) is 18.6 Å². The Morgan fingerprint density at radius 2 is 1.80 bits per heavy atom. The van der Waals surface area contributed by atoms with Crippen LogP contribution in [0.2, 0.25) is 0 Å². The van der Waals surface area contributed by atoms with Crippen LogP contribution < -0.4 is 5.32 Å². The Hall–Kier alpha value is -2.37. The molecule has 2 aromatic rings. The van der Waals surface area contributed by atoms with Crippen LogP contribution in [0.1, 0.15) is 42.2 Å². The van der Waals surface area contributed by atoms with Crippen LogP contribution in [-0.4, -0.2) is 65.7 Å². The summed E-state index contributed by atoms with van der Waals surface area (Å²) in [5, 5.41) is 13.8. The number of para-hydroxylation sites is 1. The summed E-state index contributed by atoms with van der Waals surface area (Å²) in [7, 11) is 2.09. The summed E-state index contributed by atoms with van der Waals surface area (Å²) in [5.74, 6) is 0. The second-order valence-corrected chi connectivity index (χ2v) is 9.18. The summed E-state index contributed by atoms with van der Waals surface area (Å²) < 4.78 is 80.6. The first kappa shape index (κ1) is 25.7. The normalized spacial score (nSPS) is 21.3. The maximum atomic E-state index is 13.4. The van der Waals surface area contributed by atoms with Gasteiger partial charge in [0.05, 0.1) is 17.2 Å². The van der Waals surface area contributed by atoms with Gasteiger partial charge in [-0.15, -0.1) is 0 Å². The monoisotopic (exact) mass is 502 g/mol. The van der Waals surface area contributed by atoms with Crippen LogP contribution in [0.5, 0.6) is 0 Å². The summed E-state index contributed by atoms with van der Waals surface area (Å²) in [6.07, 6.45) is -6.77. The van der Waals surface area contributed by atoms with Gasteiger partial charge in [0.15, 0.2) is 0 Å². The SMILES string of the molecule is CN1CCN(C2=CCC(NCC(O)c3cc(C(F)(F)F)nc4c(C(F)(F)F)cccc34)CC2)CC1. The Bertz CT molecular complexity index is 1080. The molecule has 2 heterocycles. The molecule has 5 nitrogen and oxygen atoms in total. The lowest BCUT2D eigenvalue weighted by atomic mass is 9.96. The van der Waals surface area contributed by atoms with Gasteiger partial charge in [-0.1, -0.05) is 18.2 Å². The van der Waals surface area contributed by atoms with E-state index in [1.165, 1.54) is 11.8 Å². The van der Waals surface area contributed by atoms with E-state index >= 15 is 0 Å². The number of rotatable bonds is 5. The van der Waals surface area contributed by atoms with Gasteiger partial charge in [-0.05, 0) is 44.0 Å². The third-order valence-electron chi connectivity index (χ3n) is 6.72. The van der Waals surface area contributed by atoms with Crippen molar-refractivity contribution >= 4 is 10.9 Å². The van der Waals surface area contributed by atoms with Crippen LogP contribution in [0.15, 0.2) is 36.0 Å². The summed E-state index contributed by atoms with van der Waals surface area (Å²) in [6, 6.07) is 3.70. The second-order valence-electron chi connectivity index (χ2n) is 9.18. The molecule has 35 heavy (non-hydrogen) atoms. The number of alkyl halides is 6. The van der Waals surface area contributed by atoms with Crippen LogP contribution >= 0.6 is 0 Å². The highest BCUT2D eigenvalue weighted by Gasteiger charge is 2.38. The summed E-state index contributed by atoms with van der Waals surface area (Å²) in [4.78, 5) is 7.91. The zero-order valence-electron chi connectivity index (χ0n) is 19.3. The number of aliphatic hydroxyl groups excluding tert-OH is 1. The fourth-order valence-electron chi connectivity index (χ4n) is 4.70. The first-order valence-corrected chi connectivity index (χ1v) is 11.6. The summed E-state index contributed by atoms with van der Waals surface area (Å²) in [6.45, 7) is 3.85. The van der Waals surface area contributed by atoms with Gasteiger partial charge >= 0.3 is 12.4 Å². The zero-order valence-corrected chi connectivity index (χ0v) is 19.3. The topological polar surface area (TPSA) is 51.6 Å². The van der Waals surface area contributed by atoms with Crippen molar-refractivity contribution in [2.75, 3.05) is 39.8 Å². The van der Waals surface area contributed by atoms with Gasteiger partial charge in [0, 0.05) is 49.8 Å². The Morgan fingerprint density at radius 1 is 1.09 bits per heavy atom. The minimum atomic E-state index is -4.96. The fourth-order valence-corrected chi connectivity index (χ4v) is 4.70. The maximum Gasteiger partial charge on any atom is 0.433 e. The van der Waals surface area contributed by atoms with Crippen LogP contribution in [0.4, 0.5) is 26.3 Å². The predicted octanol–water partition coefficient (Wildman–Crippen LogP) is 4.58. The van der Waals surface area contributed by atoms with Crippen molar-refractivity contribution in [2.45, 2.75) is 43.8 Å². The van der Waals surface area contributed by atoms with E-state index in [-0.39, 0.29) is 23.5 Å². The number of aliphatic hydroxyl groups is 1. The van der Waals surface area contributed by atoms with Crippen LogP contribution in [0.25, 0.3) is 10.9 Å². The zero-order chi connectivity index (χ0) is 25.4. The van der Waals surface area contributed by atoms with Gasteiger partial charge < -0.3 is 20.2 Å². The molecule has 2 atom stereocenters. The molecule has 0 saturated carbocycles. The standard InChI is InChI=1S/C24H28F6N4O/c1-33-9-11-34(12-10-33)16-7-5-15(6-8-16)31-14-20(35)18-13-21(24(28,29)30)32-22-17(18)3-2-4-19(22)23(25,26)27/h2-4,7,13,15,20,31,35H,5-6,8-12,14H2,1H3. The molecule has 2 N–H and O–H groups in total. The molecule has 1 saturated heterocycles. The molecule has 0 bridgehead atoms. The van der Waals surface area contributed by atoms with Crippen molar-refractivity contribution in [3.8, 4) is 0 Å². The highest BCUT2D eigenvalue weighted by Crippen LogP contribution is 2.39. The van der Waals surface area contributed by atoms with Crippen molar-refractivity contribution in [3.05, 3.63) is 52.9 Å². The first-order valence-electron chi connectivity index (χ1n) is 11.6. The largest absolute Gasteiger partial charge is 0.433 e. The fraction of sp³-hybridized carbons (Fsp3) is 0.542. The van der Waals surface area contributed by atoms with E-state index < -0.39 is 35.2 Å². The maximum absolute atomic E-state index is 13.4. The number of likely N-dealkylation sites (N-methyl/N-ethyl adjacent to an activating group) is 1. The van der Waals surface area contributed by atoms with E-state index in [4.69, 9.17) is 0 Å². The van der Waals surface area contributed by atoms with E-state index in [0.717, 1.165) is 45.1 Å². The highest BCUT2D eigenvalue weighted by atomic mass is 19.4. The highest BCUT2D eigenvalue weighted by molar-refractivity contribution is 5.86. The van der Waals surface area contributed by atoms with Gasteiger partial charge in [-0.2, -0.15) is 26.3 Å². The van der Waals surface area contributed by atoms with E-state index in [9.17, 15) is 31.4 Å². The van der Waals surface area contributed by atoms with E-state index in [2.05, 4.69) is 33.2 Å². The van der Waals surface area contributed by atoms with Crippen molar-refractivity contribution in [3.63, 3.8) is 0 Å². The number of nitrogens with one attached hydrogen (secondary N) is 1. The molecule has 0 radical (unpaired) electrons. The number of hydrogen-bond donors (Lipinski definition) is 2. The quantitative estimate of drug-likeness (QED) is 0.587. The van der Waals surface area contributed by atoms with Gasteiger partial charge in [0.2, 0.25) is 0 Å². The van der Waals surface area contributed by atoms with Gasteiger partial charge in [0.1, 0.15) is 5.69 Å². The Morgan fingerprint density at radius 3 is 2.40 bits per heavy atom. The average molecular weight is 503 g/mol. The Balaban J connectivity index is 1.50. The number of aromatic nitrogens is 1. The number of pyridine rings is 1. The molecule has 1 aliphatic heterocycles. The molecule has 0 spiro atoms. The number of halogens is 6. The Kier molecular flexibility index (Phi) is 7.31. The van der Waals surface area contributed by atoms with Crippen molar-refractivity contribution in [1.82, 2.24) is 20.1 Å². The molecule has 192 valence electrons. The molecule has 1 aromatic carbocycles. The molecule has 1 fully saturated rings. The number of benzene rings is 1. The number of allylic oxidation sites excluding steroid dienone is 1. The number of hydrogen-bond acceptors (Lipinski definition) is 5. The number of fused-ring (bicyclic) bond motifs is 1. The van der Waals surface area contributed by atoms with Crippen LogP contribution in [0.3, 0.4) is 0 Å².